The summed E-state index contributed by atoms with van der Waals surface area (Å²) < 4.78 is 43.3. The first-order chi connectivity index (χ1) is 13.1. The first-order valence-corrected chi connectivity index (χ1v) is 8.57. The van der Waals surface area contributed by atoms with Crippen LogP contribution in [-0.2, 0) is 15.8 Å². The van der Waals surface area contributed by atoms with Crippen molar-refractivity contribution in [1.29, 1.82) is 0 Å². The number of rotatable bonds is 6. The van der Waals surface area contributed by atoms with Gasteiger partial charge in [0.2, 0.25) is 11.8 Å². The molecule has 0 aliphatic carbocycles. The molecule has 2 rings (SSSR count). The number of carbonyl (C=O) groups excluding carboxylic acids is 2. The number of halogens is 3. The fraction of sp³-hybridized carbons (Fsp3) is 0.300. The summed E-state index contributed by atoms with van der Waals surface area (Å²) in [5.74, 6) is -0.764. The average Bonchev–Trinajstić information content (AvgIpc) is 2.63. The monoisotopic (exact) mass is 394 g/mol. The molecule has 0 radical (unpaired) electrons. The summed E-state index contributed by atoms with van der Waals surface area (Å²) in [6, 6.07) is 10.8. The molecule has 2 N–H and O–H groups in total. The Morgan fingerprint density at radius 1 is 0.929 bits per heavy atom. The maximum Gasteiger partial charge on any atom is 0.416 e. The molecule has 0 aliphatic rings. The average molecular weight is 394 g/mol. The van der Waals surface area contributed by atoms with Gasteiger partial charge in [-0.1, -0.05) is 12.1 Å². The summed E-state index contributed by atoms with van der Waals surface area (Å²) >= 11 is 0. The zero-order valence-electron chi connectivity index (χ0n) is 15.7. The number of amides is 2. The van der Waals surface area contributed by atoms with Crippen LogP contribution in [0.1, 0.15) is 26.3 Å². The Morgan fingerprint density at radius 3 is 2.07 bits per heavy atom. The van der Waals surface area contributed by atoms with Crippen molar-refractivity contribution in [3.63, 3.8) is 0 Å². The van der Waals surface area contributed by atoms with Crippen LogP contribution in [0.15, 0.2) is 48.5 Å². The fourth-order valence-corrected chi connectivity index (χ4v) is 2.26. The second kappa shape index (κ2) is 8.33. The highest BCUT2D eigenvalue weighted by atomic mass is 19.4. The lowest BCUT2D eigenvalue weighted by Gasteiger charge is -2.23. The molecule has 8 heteroatoms. The zero-order chi connectivity index (χ0) is 20.9. The van der Waals surface area contributed by atoms with E-state index in [4.69, 9.17) is 4.74 Å². The summed E-state index contributed by atoms with van der Waals surface area (Å²) in [4.78, 5) is 25.2. The van der Waals surface area contributed by atoms with E-state index >= 15 is 0 Å². The number of hydrogen-bond donors (Lipinski definition) is 2. The van der Waals surface area contributed by atoms with E-state index in [1.54, 1.807) is 31.2 Å². The highest BCUT2D eigenvalue weighted by Gasteiger charge is 2.37. The van der Waals surface area contributed by atoms with Crippen LogP contribution >= 0.6 is 0 Å². The van der Waals surface area contributed by atoms with Crippen LogP contribution in [0.4, 0.5) is 24.5 Å². The Morgan fingerprint density at radius 2 is 1.50 bits per heavy atom. The lowest BCUT2D eigenvalue weighted by atomic mass is 9.90. The highest BCUT2D eigenvalue weighted by molar-refractivity contribution is 6.14. The molecule has 0 heterocycles. The Balaban J connectivity index is 2.10. The van der Waals surface area contributed by atoms with Gasteiger partial charge in [0.05, 0.1) is 17.9 Å². The number of para-hydroxylation sites is 2. The third-order valence-electron chi connectivity index (χ3n) is 4.04. The van der Waals surface area contributed by atoms with Crippen molar-refractivity contribution in [3.05, 3.63) is 54.1 Å². The third-order valence-corrected chi connectivity index (χ3v) is 4.04. The molecule has 150 valence electrons. The predicted octanol–water partition coefficient (Wildman–Crippen LogP) is 4.71. The molecule has 0 aromatic heterocycles. The summed E-state index contributed by atoms with van der Waals surface area (Å²) in [5.41, 5.74) is -1.73. The van der Waals surface area contributed by atoms with E-state index < -0.39 is 29.0 Å². The molecule has 0 aliphatic heterocycles. The van der Waals surface area contributed by atoms with E-state index in [0.29, 0.717) is 18.0 Å². The molecule has 0 fully saturated rings. The van der Waals surface area contributed by atoms with Gasteiger partial charge in [0.25, 0.3) is 0 Å². The van der Waals surface area contributed by atoms with Gasteiger partial charge in [-0.2, -0.15) is 13.2 Å². The lowest BCUT2D eigenvalue weighted by molar-refractivity contribution is -0.137. The van der Waals surface area contributed by atoms with Crippen molar-refractivity contribution in [2.24, 2.45) is 5.41 Å². The Bertz CT molecular complexity index is 847. The van der Waals surface area contributed by atoms with Gasteiger partial charge in [-0.3, -0.25) is 9.59 Å². The second-order valence-electron chi connectivity index (χ2n) is 6.54. The Kier molecular flexibility index (Phi) is 6.33. The minimum Gasteiger partial charge on any atom is -0.492 e. The molecule has 2 amide bonds. The van der Waals surface area contributed by atoms with E-state index in [2.05, 4.69) is 10.6 Å². The second-order valence-corrected chi connectivity index (χ2v) is 6.54. The molecule has 0 unspecified atom stereocenters. The normalized spacial score (nSPS) is 11.6. The molecule has 2 aromatic rings. The molecular weight excluding hydrogens is 373 g/mol. The number of anilines is 2. The fourth-order valence-electron chi connectivity index (χ4n) is 2.26. The Labute approximate surface area is 160 Å². The van der Waals surface area contributed by atoms with Crippen LogP contribution in [0, 0.1) is 5.41 Å². The van der Waals surface area contributed by atoms with Gasteiger partial charge in [0, 0.05) is 5.69 Å². The SMILES string of the molecule is CCOc1ccccc1NC(=O)C(C)(C)C(=O)Nc1ccc(C(F)(F)F)cc1. The molecule has 5 nitrogen and oxygen atoms in total. The van der Waals surface area contributed by atoms with Crippen LogP contribution in [-0.4, -0.2) is 18.4 Å². The minimum absolute atomic E-state index is 0.161. The maximum absolute atomic E-state index is 12.6. The van der Waals surface area contributed by atoms with Crippen LogP contribution in [0.2, 0.25) is 0 Å². The van der Waals surface area contributed by atoms with Gasteiger partial charge in [-0.05, 0) is 57.2 Å². The van der Waals surface area contributed by atoms with Gasteiger partial charge in [-0.15, -0.1) is 0 Å². The molecule has 2 aromatic carbocycles. The molecule has 0 saturated heterocycles. The van der Waals surface area contributed by atoms with Crippen molar-refractivity contribution in [1.82, 2.24) is 0 Å². The van der Waals surface area contributed by atoms with Crippen molar-refractivity contribution < 1.29 is 27.5 Å². The minimum atomic E-state index is -4.46. The molecule has 0 bridgehead atoms. The van der Waals surface area contributed by atoms with E-state index in [0.717, 1.165) is 24.3 Å². The molecular formula is C20H21F3N2O3. The standard InChI is InChI=1S/C20H21F3N2O3/c1-4-28-16-8-6-5-7-15(16)25-18(27)19(2,3)17(26)24-14-11-9-13(10-12-14)20(21,22)23/h5-12H,4H2,1-3H3,(H,24,26)(H,25,27). The first kappa shape index (κ1) is 21.3. The van der Waals surface area contributed by atoms with Gasteiger partial charge in [-0.25, -0.2) is 0 Å². The first-order valence-electron chi connectivity index (χ1n) is 8.57. The summed E-state index contributed by atoms with van der Waals surface area (Å²) in [7, 11) is 0. The van der Waals surface area contributed by atoms with E-state index in [1.165, 1.54) is 13.8 Å². The number of ether oxygens (including phenoxy) is 1. The summed E-state index contributed by atoms with van der Waals surface area (Å²) in [6.07, 6.45) is -4.46. The van der Waals surface area contributed by atoms with Crippen LogP contribution in [0.3, 0.4) is 0 Å². The molecule has 0 spiro atoms. The zero-order valence-corrected chi connectivity index (χ0v) is 15.7. The van der Waals surface area contributed by atoms with Gasteiger partial charge in [0.15, 0.2) is 0 Å². The summed E-state index contributed by atoms with van der Waals surface area (Å²) in [6.45, 7) is 5.06. The van der Waals surface area contributed by atoms with E-state index in [9.17, 15) is 22.8 Å². The maximum atomic E-state index is 12.6. The van der Waals surface area contributed by atoms with Crippen LogP contribution in [0.5, 0.6) is 5.75 Å². The lowest BCUT2D eigenvalue weighted by Crippen LogP contribution is -2.41. The van der Waals surface area contributed by atoms with E-state index in [1.807, 2.05) is 0 Å². The van der Waals surface area contributed by atoms with Crippen molar-refractivity contribution >= 4 is 23.2 Å². The van der Waals surface area contributed by atoms with Gasteiger partial charge >= 0.3 is 6.18 Å². The summed E-state index contributed by atoms with van der Waals surface area (Å²) in [5, 5.41) is 5.13. The van der Waals surface area contributed by atoms with Crippen LogP contribution < -0.4 is 15.4 Å². The number of alkyl halides is 3. The third kappa shape index (κ3) is 5.03. The van der Waals surface area contributed by atoms with E-state index in [-0.39, 0.29) is 5.69 Å². The predicted molar refractivity (Wildman–Crippen MR) is 100 cm³/mol. The van der Waals surface area contributed by atoms with Crippen molar-refractivity contribution in [3.8, 4) is 5.75 Å². The largest absolute Gasteiger partial charge is 0.492 e. The number of hydrogen-bond acceptors (Lipinski definition) is 3. The number of carbonyl (C=O) groups is 2. The molecule has 0 atom stereocenters. The van der Waals surface area contributed by atoms with Crippen molar-refractivity contribution in [2.45, 2.75) is 26.9 Å². The number of benzene rings is 2. The Hall–Kier alpha value is -3.03. The van der Waals surface area contributed by atoms with Crippen LogP contribution in [0.25, 0.3) is 0 Å². The quantitative estimate of drug-likeness (QED) is 0.698. The van der Waals surface area contributed by atoms with Gasteiger partial charge in [0.1, 0.15) is 11.2 Å². The molecule has 28 heavy (non-hydrogen) atoms. The topological polar surface area (TPSA) is 67.4 Å². The van der Waals surface area contributed by atoms with Crippen molar-refractivity contribution in [2.75, 3.05) is 17.2 Å². The smallest absolute Gasteiger partial charge is 0.416 e. The van der Waals surface area contributed by atoms with Gasteiger partial charge < -0.3 is 15.4 Å². The highest BCUT2D eigenvalue weighted by Crippen LogP contribution is 2.31. The number of nitrogens with one attached hydrogen (secondary N) is 2. The molecule has 0 saturated carbocycles.